The first-order valence-corrected chi connectivity index (χ1v) is 8.78. The first-order chi connectivity index (χ1) is 12.8. The third kappa shape index (κ3) is 3.83. The Kier molecular flexibility index (Phi) is 4.80. The number of hydrogen-bond acceptors (Lipinski definition) is 4. The molecule has 0 unspecified atom stereocenters. The van der Waals surface area contributed by atoms with Gasteiger partial charge in [0.25, 0.3) is 0 Å². The number of hydrogen-bond donors (Lipinski definition) is 2. The van der Waals surface area contributed by atoms with Gasteiger partial charge in [-0.3, -0.25) is 4.90 Å². The van der Waals surface area contributed by atoms with Crippen LogP contribution in [0.5, 0.6) is 0 Å². The van der Waals surface area contributed by atoms with Gasteiger partial charge in [0.2, 0.25) is 0 Å². The molecule has 0 saturated heterocycles. The van der Waals surface area contributed by atoms with Gasteiger partial charge in [-0.25, -0.2) is 9.37 Å². The summed E-state index contributed by atoms with van der Waals surface area (Å²) < 4.78 is 13.9. The Morgan fingerprint density at radius 1 is 1.08 bits per heavy atom. The van der Waals surface area contributed by atoms with Crippen LogP contribution in [-0.4, -0.2) is 23.0 Å². The van der Waals surface area contributed by atoms with E-state index in [9.17, 15) is 4.39 Å². The normalized spacial score (nSPS) is 14.2. The number of anilines is 3. The molecule has 0 fully saturated rings. The molecule has 4 rings (SSSR count). The highest BCUT2D eigenvalue weighted by atomic mass is 19.1. The number of para-hydroxylation sites is 1. The molecule has 5 heteroatoms. The Morgan fingerprint density at radius 3 is 2.73 bits per heavy atom. The van der Waals surface area contributed by atoms with E-state index in [1.165, 1.54) is 6.07 Å². The molecule has 0 saturated carbocycles. The minimum Gasteiger partial charge on any atom is -0.383 e. The van der Waals surface area contributed by atoms with E-state index in [1.807, 2.05) is 54.7 Å². The molecular weight excluding hydrogens is 327 g/mol. The number of halogens is 1. The van der Waals surface area contributed by atoms with Gasteiger partial charge in [0.05, 0.1) is 0 Å². The van der Waals surface area contributed by atoms with Gasteiger partial charge in [-0.2, -0.15) is 0 Å². The van der Waals surface area contributed by atoms with E-state index in [-0.39, 0.29) is 5.82 Å². The first kappa shape index (κ1) is 16.5. The summed E-state index contributed by atoms with van der Waals surface area (Å²) in [4.78, 5) is 6.78. The van der Waals surface area contributed by atoms with E-state index < -0.39 is 0 Å². The number of rotatable bonds is 4. The Hall–Kier alpha value is -2.92. The minimum absolute atomic E-state index is 0.148. The average Bonchev–Trinajstić information content (AvgIpc) is 2.86. The smallest absolute Gasteiger partial charge is 0.132 e. The second-order valence-electron chi connectivity index (χ2n) is 6.45. The van der Waals surface area contributed by atoms with Crippen molar-refractivity contribution in [2.75, 3.05) is 23.7 Å². The molecule has 2 aromatic carbocycles. The lowest BCUT2D eigenvalue weighted by Gasteiger charge is -2.20. The summed E-state index contributed by atoms with van der Waals surface area (Å²) >= 11 is 0. The van der Waals surface area contributed by atoms with Gasteiger partial charge in [-0.1, -0.05) is 36.4 Å². The molecule has 1 aliphatic heterocycles. The fourth-order valence-corrected chi connectivity index (χ4v) is 3.18. The lowest BCUT2D eigenvalue weighted by atomic mass is 10.1. The van der Waals surface area contributed by atoms with Crippen LogP contribution in [0, 0.1) is 5.82 Å². The summed E-state index contributed by atoms with van der Waals surface area (Å²) in [5.41, 5.74) is 3.94. The Labute approximate surface area is 152 Å². The third-order valence-electron chi connectivity index (χ3n) is 4.52. The van der Waals surface area contributed by atoms with E-state index in [1.54, 1.807) is 6.07 Å². The number of fused-ring (bicyclic) bond motifs is 1. The molecule has 0 aliphatic carbocycles. The van der Waals surface area contributed by atoms with E-state index in [0.29, 0.717) is 6.54 Å². The molecular formula is C21H21FN4. The van der Waals surface area contributed by atoms with Crippen molar-refractivity contribution in [3.63, 3.8) is 0 Å². The molecule has 1 aromatic heterocycles. The molecule has 0 atom stereocenters. The zero-order valence-corrected chi connectivity index (χ0v) is 14.5. The molecule has 0 spiro atoms. The third-order valence-corrected chi connectivity index (χ3v) is 4.52. The number of nitrogens with one attached hydrogen (secondary N) is 2. The standard InChI is InChI=1S/C21H21FN4/c22-19-9-5-4-6-16(19)14-26-11-10-23-20-12-21(24-13-17(20)15-26)25-18-7-2-1-3-8-18/h1-9,12-13,23H,10-11,14-15H2,(H,24,25). The quantitative estimate of drug-likeness (QED) is 0.733. The van der Waals surface area contributed by atoms with Crippen molar-refractivity contribution in [3.05, 3.63) is 83.8 Å². The maximum atomic E-state index is 13.9. The maximum Gasteiger partial charge on any atom is 0.132 e. The lowest BCUT2D eigenvalue weighted by molar-refractivity contribution is 0.267. The van der Waals surface area contributed by atoms with Crippen molar-refractivity contribution in [3.8, 4) is 0 Å². The zero-order valence-electron chi connectivity index (χ0n) is 14.5. The predicted molar refractivity (Wildman–Crippen MR) is 103 cm³/mol. The topological polar surface area (TPSA) is 40.2 Å². The van der Waals surface area contributed by atoms with Gasteiger partial charge in [-0.15, -0.1) is 0 Å². The molecule has 3 aromatic rings. The van der Waals surface area contributed by atoms with Crippen LogP contribution in [-0.2, 0) is 13.1 Å². The van der Waals surface area contributed by atoms with Crippen molar-refractivity contribution in [2.24, 2.45) is 0 Å². The van der Waals surface area contributed by atoms with E-state index in [4.69, 9.17) is 0 Å². The number of aromatic nitrogens is 1. The predicted octanol–water partition coefficient (Wildman–Crippen LogP) is 4.39. The van der Waals surface area contributed by atoms with Crippen LogP contribution < -0.4 is 10.6 Å². The number of nitrogens with zero attached hydrogens (tertiary/aromatic N) is 2. The fraction of sp³-hybridized carbons (Fsp3) is 0.190. The molecule has 4 nitrogen and oxygen atoms in total. The van der Waals surface area contributed by atoms with Crippen molar-refractivity contribution in [2.45, 2.75) is 13.1 Å². The first-order valence-electron chi connectivity index (χ1n) is 8.78. The Morgan fingerprint density at radius 2 is 1.88 bits per heavy atom. The van der Waals surface area contributed by atoms with Gasteiger partial charge in [0, 0.05) is 60.9 Å². The van der Waals surface area contributed by atoms with Crippen molar-refractivity contribution >= 4 is 17.2 Å². The lowest BCUT2D eigenvalue weighted by Crippen LogP contribution is -2.26. The van der Waals surface area contributed by atoms with Gasteiger partial charge in [0.1, 0.15) is 11.6 Å². The molecule has 0 bridgehead atoms. The molecule has 2 heterocycles. The summed E-state index contributed by atoms with van der Waals surface area (Å²) in [6, 6.07) is 19.0. The van der Waals surface area contributed by atoms with E-state index >= 15 is 0 Å². The average molecular weight is 348 g/mol. The van der Waals surface area contributed by atoms with Gasteiger partial charge in [0.15, 0.2) is 0 Å². The fourth-order valence-electron chi connectivity index (χ4n) is 3.18. The number of pyridine rings is 1. The highest BCUT2D eigenvalue weighted by molar-refractivity contribution is 5.63. The van der Waals surface area contributed by atoms with Crippen molar-refractivity contribution < 1.29 is 4.39 Å². The van der Waals surface area contributed by atoms with Crippen LogP contribution in [0.15, 0.2) is 66.9 Å². The van der Waals surface area contributed by atoms with Crippen molar-refractivity contribution in [1.82, 2.24) is 9.88 Å². The highest BCUT2D eigenvalue weighted by Gasteiger charge is 2.16. The van der Waals surface area contributed by atoms with Gasteiger partial charge in [-0.05, 0) is 18.2 Å². The maximum absolute atomic E-state index is 13.9. The van der Waals surface area contributed by atoms with E-state index in [0.717, 1.165) is 48.0 Å². The van der Waals surface area contributed by atoms with Crippen LogP contribution in [0.3, 0.4) is 0 Å². The zero-order chi connectivity index (χ0) is 17.8. The molecule has 0 amide bonds. The second-order valence-corrected chi connectivity index (χ2v) is 6.45. The molecule has 0 radical (unpaired) electrons. The summed E-state index contributed by atoms with van der Waals surface area (Å²) in [6.45, 7) is 3.01. The molecule has 26 heavy (non-hydrogen) atoms. The largest absolute Gasteiger partial charge is 0.383 e. The summed E-state index contributed by atoms with van der Waals surface area (Å²) in [5, 5.41) is 6.78. The van der Waals surface area contributed by atoms with E-state index in [2.05, 4.69) is 20.5 Å². The Balaban J connectivity index is 1.49. The van der Waals surface area contributed by atoms with Gasteiger partial charge < -0.3 is 10.6 Å². The summed E-state index contributed by atoms with van der Waals surface area (Å²) in [7, 11) is 0. The summed E-state index contributed by atoms with van der Waals surface area (Å²) in [6.07, 6.45) is 1.90. The SMILES string of the molecule is Fc1ccccc1CN1CCNc2cc(Nc3ccccc3)ncc2C1. The van der Waals surface area contributed by atoms with Gasteiger partial charge >= 0.3 is 0 Å². The Bertz CT molecular complexity index is 882. The minimum atomic E-state index is -0.148. The van der Waals surface area contributed by atoms with Crippen LogP contribution in [0.2, 0.25) is 0 Å². The number of benzene rings is 2. The molecule has 132 valence electrons. The second kappa shape index (κ2) is 7.54. The molecule has 1 aliphatic rings. The molecule has 2 N–H and O–H groups in total. The van der Waals surface area contributed by atoms with Crippen molar-refractivity contribution in [1.29, 1.82) is 0 Å². The van der Waals surface area contributed by atoms with Crippen LogP contribution in [0.4, 0.5) is 21.6 Å². The van der Waals surface area contributed by atoms with Crippen LogP contribution in [0.1, 0.15) is 11.1 Å². The van der Waals surface area contributed by atoms with Crippen LogP contribution >= 0.6 is 0 Å². The summed E-state index contributed by atoms with van der Waals surface area (Å²) in [5.74, 6) is 0.662. The highest BCUT2D eigenvalue weighted by Crippen LogP contribution is 2.25. The van der Waals surface area contributed by atoms with Crippen LogP contribution in [0.25, 0.3) is 0 Å². The monoisotopic (exact) mass is 348 g/mol.